The molecule has 24 heavy (non-hydrogen) atoms. The van der Waals surface area contributed by atoms with Gasteiger partial charge in [-0.2, -0.15) is 8.78 Å². The molecule has 2 heterocycles. The molecule has 0 radical (unpaired) electrons. The van der Waals surface area contributed by atoms with E-state index in [1.54, 1.807) is 12.1 Å². The first-order chi connectivity index (χ1) is 11.3. The van der Waals surface area contributed by atoms with E-state index in [0.717, 1.165) is 11.3 Å². The van der Waals surface area contributed by atoms with Gasteiger partial charge in [0.05, 0.1) is 6.26 Å². The van der Waals surface area contributed by atoms with Crippen LogP contribution < -0.4 is 9.64 Å². The molecule has 1 saturated heterocycles. The van der Waals surface area contributed by atoms with Crippen molar-refractivity contribution in [2.75, 3.05) is 30.8 Å². The number of hydrogen-bond acceptors (Lipinski definition) is 4. The van der Waals surface area contributed by atoms with Gasteiger partial charge in [0.2, 0.25) is 10.0 Å². The van der Waals surface area contributed by atoms with Crippen LogP contribution in [0.5, 0.6) is 5.75 Å². The Morgan fingerprint density at radius 3 is 2.58 bits per heavy atom. The maximum absolute atomic E-state index is 12.4. The van der Waals surface area contributed by atoms with Crippen molar-refractivity contribution in [1.29, 1.82) is 0 Å². The number of ether oxygens (including phenoxy) is 1. The summed E-state index contributed by atoms with van der Waals surface area (Å²) in [6, 6.07) is 5.11. The van der Waals surface area contributed by atoms with Gasteiger partial charge >= 0.3 is 6.61 Å². The summed E-state index contributed by atoms with van der Waals surface area (Å²) < 4.78 is 54.1. The van der Waals surface area contributed by atoms with E-state index in [2.05, 4.69) is 9.64 Å². The molecule has 0 amide bonds. The van der Waals surface area contributed by atoms with Crippen molar-refractivity contribution in [3.63, 3.8) is 0 Å². The fourth-order valence-corrected chi connectivity index (χ4v) is 4.19. The Hall–Kier alpha value is -1.67. The zero-order valence-corrected chi connectivity index (χ0v) is 14.2. The number of alkyl halides is 2. The SMILES string of the molecule is CS(=O)(=O)N1CCC(N2CC=Cc3ccc(OC(F)F)cc32)CC1. The van der Waals surface area contributed by atoms with Crippen LogP contribution in [0.3, 0.4) is 0 Å². The number of anilines is 1. The first kappa shape index (κ1) is 17.2. The lowest BCUT2D eigenvalue weighted by molar-refractivity contribution is -0.0498. The Kier molecular flexibility index (Phi) is 4.78. The van der Waals surface area contributed by atoms with Crippen LogP contribution >= 0.6 is 0 Å². The van der Waals surface area contributed by atoms with Gasteiger partial charge in [-0.15, -0.1) is 0 Å². The van der Waals surface area contributed by atoms with E-state index in [1.165, 1.54) is 16.6 Å². The van der Waals surface area contributed by atoms with Gasteiger partial charge in [-0.3, -0.25) is 0 Å². The topological polar surface area (TPSA) is 49.9 Å². The smallest absolute Gasteiger partial charge is 0.387 e. The molecular weight excluding hydrogens is 338 g/mol. The number of sulfonamides is 1. The Morgan fingerprint density at radius 1 is 1.25 bits per heavy atom. The van der Waals surface area contributed by atoms with Crippen LogP contribution in [0.25, 0.3) is 6.08 Å². The van der Waals surface area contributed by atoms with Gasteiger partial charge in [0.25, 0.3) is 0 Å². The molecule has 3 rings (SSSR count). The molecule has 0 N–H and O–H groups in total. The van der Waals surface area contributed by atoms with Crippen molar-refractivity contribution in [3.8, 4) is 5.75 Å². The zero-order valence-electron chi connectivity index (χ0n) is 13.4. The molecule has 0 spiro atoms. The first-order valence-corrected chi connectivity index (χ1v) is 9.66. The van der Waals surface area contributed by atoms with Crippen LogP contribution in [0.4, 0.5) is 14.5 Å². The lowest BCUT2D eigenvalue weighted by Crippen LogP contribution is -2.47. The Labute approximate surface area is 140 Å². The molecule has 2 aliphatic rings. The second kappa shape index (κ2) is 6.68. The summed E-state index contributed by atoms with van der Waals surface area (Å²) in [7, 11) is -3.16. The molecule has 132 valence electrons. The van der Waals surface area contributed by atoms with Crippen molar-refractivity contribution in [2.24, 2.45) is 0 Å². The molecule has 0 unspecified atom stereocenters. The van der Waals surface area contributed by atoms with E-state index in [1.807, 2.05) is 12.2 Å². The van der Waals surface area contributed by atoms with E-state index in [-0.39, 0.29) is 11.8 Å². The molecule has 1 aromatic carbocycles. The Bertz CT molecular complexity index is 729. The van der Waals surface area contributed by atoms with Crippen LogP contribution in [-0.4, -0.2) is 51.3 Å². The second-order valence-corrected chi connectivity index (χ2v) is 8.03. The summed E-state index contributed by atoms with van der Waals surface area (Å²) in [4.78, 5) is 2.15. The standard InChI is InChI=1S/C16H20F2N2O3S/c1-24(21,22)19-9-6-13(7-10-19)20-8-2-3-12-4-5-14(11-15(12)20)23-16(17)18/h2-5,11,13,16H,6-10H2,1H3. The number of benzene rings is 1. The molecule has 1 aromatic rings. The van der Waals surface area contributed by atoms with Crippen molar-refractivity contribution in [1.82, 2.24) is 4.31 Å². The van der Waals surface area contributed by atoms with Crippen LogP contribution in [0.2, 0.25) is 0 Å². The van der Waals surface area contributed by atoms with Gasteiger partial charge in [0.1, 0.15) is 5.75 Å². The van der Waals surface area contributed by atoms with Gasteiger partial charge in [-0.1, -0.05) is 12.2 Å². The number of piperidine rings is 1. The molecule has 1 fully saturated rings. The summed E-state index contributed by atoms with van der Waals surface area (Å²) in [6.07, 6.45) is 6.63. The van der Waals surface area contributed by atoms with Crippen molar-refractivity contribution in [2.45, 2.75) is 25.5 Å². The van der Waals surface area contributed by atoms with Crippen LogP contribution in [0.15, 0.2) is 24.3 Å². The first-order valence-electron chi connectivity index (χ1n) is 7.82. The van der Waals surface area contributed by atoms with Crippen molar-refractivity contribution >= 4 is 21.8 Å². The average Bonchev–Trinajstić information content (AvgIpc) is 2.53. The highest BCUT2D eigenvalue weighted by atomic mass is 32.2. The number of hydrogen-bond donors (Lipinski definition) is 0. The third kappa shape index (κ3) is 3.70. The van der Waals surface area contributed by atoms with Gasteiger partial charge in [-0.25, -0.2) is 12.7 Å². The van der Waals surface area contributed by atoms with E-state index in [0.29, 0.717) is 32.5 Å². The van der Waals surface area contributed by atoms with Crippen molar-refractivity contribution in [3.05, 3.63) is 29.8 Å². The molecule has 8 heteroatoms. The van der Waals surface area contributed by atoms with Crippen molar-refractivity contribution < 1.29 is 21.9 Å². The minimum atomic E-state index is -3.16. The predicted molar refractivity (Wildman–Crippen MR) is 88.9 cm³/mol. The molecule has 5 nitrogen and oxygen atoms in total. The maximum atomic E-state index is 12.4. The predicted octanol–water partition coefficient (Wildman–Crippen LogP) is 2.55. The normalized spacial score (nSPS) is 19.6. The summed E-state index contributed by atoms with van der Waals surface area (Å²) >= 11 is 0. The largest absolute Gasteiger partial charge is 0.435 e. The molecule has 2 aliphatic heterocycles. The van der Waals surface area contributed by atoms with Gasteiger partial charge in [0.15, 0.2) is 0 Å². The summed E-state index contributed by atoms with van der Waals surface area (Å²) in [6.45, 7) is -1.22. The molecule has 0 aromatic heterocycles. The number of fused-ring (bicyclic) bond motifs is 1. The highest BCUT2D eigenvalue weighted by Gasteiger charge is 2.30. The van der Waals surface area contributed by atoms with E-state index in [9.17, 15) is 17.2 Å². The van der Waals surface area contributed by atoms with Gasteiger partial charge < -0.3 is 9.64 Å². The quantitative estimate of drug-likeness (QED) is 0.830. The Morgan fingerprint density at radius 2 is 1.96 bits per heavy atom. The third-order valence-electron chi connectivity index (χ3n) is 4.47. The van der Waals surface area contributed by atoms with Crippen LogP contribution in [-0.2, 0) is 10.0 Å². The number of rotatable bonds is 4. The summed E-state index contributed by atoms with van der Waals surface area (Å²) in [5.74, 6) is 0.137. The minimum Gasteiger partial charge on any atom is -0.435 e. The number of halogens is 2. The fraction of sp³-hybridized carbons (Fsp3) is 0.500. The monoisotopic (exact) mass is 358 g/mol. The second-order valence-electron chi connectivity index (χ2n) is 6.05. The van der Waals surface area contributed by atoms with E-state index >= 15 is 0 Å². The molecule has 0 bridgehead atoms. The molecule has 0 aliphatic carbocycles. The average molecular weight is 358 g/mol. The summed E-state index contributed by atoms with van der Waals surface area (Å²) in [5.41, 5.74) is 1.81. The summed E-state index contributed by atoms with van der Waals surface area (Å²) in [5, 5.41) is 0. The van der Waals surface area contributed by atoms with Gasteiger partial charge in [-0.05, 0) is 30.5 Å². The number of nitrogens with zero attached hydrogens (tertiary/aromatic N) is 2. The van der Waals surface area contributed by atoms with E-state index in [4.69, 9.17) is 0 Å². The maximum Gasteiger partial charge on any atom is 0.387 e. The van der Waals surface area contributed by atoms with Crippen LogP contribution in [0.1, 0.15) is 18.4 Å². The highest BCUT2D eigenvalue weighted by molar-refractivity contribution is 7.88. The third-order valence-corrected chi connectivity index (χ3v) is 5.77. The molecule has 0 saturated carbocycles. The lowest BCUT2D eigenvalue weighted by atomic mass is 9.99. The lowest BCUT2D eigenvalue weighted by Gasteiger charge is -2.40. The fourth-order valence-electron chi connectivity index (χ4n) is 3.31. The Balaban J connectivity index is 1.78. The van der Waals surface area contributed by atoms with Gasteiger partial charge in [0, 0.05) is 37.4 Å². The van der Waals surface area contributed by atoms with E-state index < -0.39 is 16.6 Å². The highest BCUT2D eigenvalue weighted by Crippen LogP contribution is 2.34. The molecular formula is C16H20F2N2O3S. The minimum absolute atomic E-state index is 0.137. The zero-order chi connectivity index (χ0) is 17.3. The molecule has 0 atom stereocenters. The van der Waals surface area contributed by atoms with Crippen LogP contribution in [0, 0.1) is 0 Å².